The standard InChI is InChI=1S/C19H30N2/c1-19(2,3)16-6-8-18(9-7-16)21-12-15(10-14-4-5-14)11-17(20)13-21/h6-9,14-15,17H,4-5,10-13,20H2,1-3H3. The maximum absolute atomic E-state index is 6.31. The van der Waals surface area contributed by atoms with Crippen LogP contribution in [-0.2, 0) is 5.41 Å². The van der Waals surface area contributed by atoms with E-state index in [0.717, 1.165) is 18.4 Å². The Morgan fingerprint density at radius 2 is 1.71 bits per heavy atom. The first-order valence-electron chi connectivity index (χ1n) is 8.53. The van der Waals surface area contributed by atoms with Gasteiger partial charge >= 0.3 is 0 Å². The number of nitrogens with two attached hydrogens (primary N) is 1. The van der Waals surface area contributed by atoms with Crippen LogP contribution in [0.5, 0.6) is 0 Å². The van der Waals surface area contributed by atoms with Gasteiger partial charge in [-0.2, -0.15) is 0 Å². The van der Waals surface area contributed by atoms with Crippen molar-refractivity contribution in [3.63, 3.8) is 0 Å². The molecule has 2 heteroatoms. The maximum atomic E-state index is 6.31. The SMILES string of the molecule is CC(C)(C)c1ccc(N2CC(N)CC(CC3CC3)C2)cc1. The zero-order chi connectivity index (χ0) is 15.0. The lowest BCUT2D eigenvalue weighted by molar-refractivity contribution is 0.344. The van der Waals surface area contributed by atoms with Crippen molar-refractivity contribution in [3.8, 4) is 0 Å². The van der Waals surface area contributed by atoms with Gasteiger partial charge < -0.3 is 10.6 Å². The van der Waals surface area contributed by atoms with Gasteiger partial charge in [0.1, 0.15) is 0 Å². The third-order valence-electron chi connectivity index (χ3n) is 5.03. The predicted octanol–water partition coefficient (Wildman–Crippen LogP) is 3.94. The van der Waals surface area contributed by atoms with Crippen molar-refractivity contribution in [1.82, 2.24) is 0 Å². The Bertz CT molecular complexity index is 465. The minimum absolute atomic E-state index is 0.228. The van der Waals surface area contributed by atoms with E-state index in [1.165, 1.54) is 43.5 Å². The number of rotatable bonds is 3. The van der Waals surface area contributed by atoms with E-state index in [4.69, 9.17) is 5.73 Å². The van der Waals surface area contributed by atoms with E-state index in [1.54, 1.807) is 0 Å². The van der Waals surface area contributed by atoms with Crippen LogP contribution in [-0.4, -0.2) is 19.1 Å². The number of anilines is 1. The molecule has 0 radical (unpaired) electrons. The van der Waals surface area contributed by atoms with E-state index in [2.05, 4.69) is 49.9 Å². The van der Waals surface area contributed by atoms with E-state index in [9.17, 15) is 0 Å². The lowest BCUT2D eigenvalue weighted by atomic mass is 9.86. The minimum Gasteiger partial charge on any atom is -0.370 e. The summed E-state index contributed by atoms with van der Waals surface area (Å²) in [5, 5.41) is 0. The van der Waals surface area contributed by atoms with Crippen LogP contribution in [0.25, 0.3) is 0 Å². The molecule has 2 aliphatic rings. The molecule has 2 nitrogen and oxygen atoms in total. The highest BCUT2D eigenvalue weighted by Crippen LogP contribution is 2.38. The summed E-state index contributed by atoms with van der Waals surface area (Å²) >= 11 is 0. The topological polar surface area (TPSA) is 29.3 Å². The molecule has 2 atom stereocenters. The van der Waals surface area contributed by atoms with E-state index >= 15 is 0 Å². The van der Waals surface area contributed by atoms with Gasteiger partial charge in [-0.25, -0.2) is 0 Å². The monoisotopic (exact) mass is 286 g/mol. The van der Waals surface area contributed by atoms with Gasteiger partial charge in [0.15, 0.2) is 0 Å². The molecular weight excluding hydrogens is 256 g/mol. The third-order valence-corrected chi connectivity index (χ3v) is 5.03. The van der Waals surface area contributed by atoms with Gasteiger partial charge in [0.05, 0.1) is 0 Å². The second-order valence-electron chi connectivity index (χ2n) is 8.24. The van der Waals surface area contributed by atoms with E-state index < -0.39 is 0 Å². The highest BCUT2D eigenvalue weighted by atomic mass is 15.2. The van der Waals surface area contributed by atoms with Crippen LogP contribution in [0.2, 0.25) is 0 Å². The average Bonchev–Trinajstić information content (AvgIpc) is 3.21. The molecule has 2 N–H and O–H groups in total. The summed E-state index contributed by atoms with van der Waals surface area (Å²) in [7, 11) is 0. The first-order chi connectivity index (χ1) is 9.91. The van der Waals surface area contributed by atoms with Gasteiger partial charge in [-0.3, -0.25) is 0 Å². The molecule has 0 aromatic heterocycles. The summed E-state index contributed by atoms with van der Waals surface area (Å²) in [6.07, 6.45) is 5.51. The van der Waals surface area contributed by atoms with Crippen molar-refractivity contribution < 1.29 is 0 Å². The number of hydrogen-bond donors (Lipinski definition) is 1. The van der Waals surface area contributed by atoms with Gasteiger partial charge in [0.2, 0.25) is 0 Å². The number of benzene rings is 1. The van der Waals surface area contributed by atoms with Crippen LogP contribution in [0.4, 0.5) is 5.69 Å². The number of piperidine rings is 1. The van der Waals surface area contributed by atoms with Gasteiger partial charge in [0.25, 0.3) is 0 Å². The molecule has 2 unspecified atom stereocenters. The quantitative estimate of drug-likeness (QED) is 0.912. The fraction of sp³-hybridized carbons (Fsp3) is 0.684. The van der Waals surface area contributed by atoms with E-state index in [1.807, 2.05) is 0 Å². The molecule has 1 aliphatic heterocycles. The Morgan fingerprint density at radius 1 is 1.05 bits per heavy atom. The molecule has 3 rings (SSSR count). The first kappa shape index (κ1) is 14.9. The van der Waals surface area contributed by atoms with Gasteiger partial charge in [-0.15, -0.1) is 0 Å². The molecule has 1 aromatic rings. The smallest absolute Gasteiger partial charge is 0.0367 e. The molecule has 0 amide bonds. The summed E-state index contributed by atoms with van der Waals surface area (Å²) < 4.78 is 0. The van der Waals surface area contributed by atoms with Crippen LogP contribution < -0.4 is 10.6 Å². The lowest BCUT2D eigenvalue weighted by Gasteiger charge is -2.38. The van der Waals surface area contributed by atoms with Crippen molar-refractivity contribution in [3.05, 3.63) is 29.8 Å². The summed E-state index contributed by atoms with van der Waals surface area (Å²) in [5.74, 6) is 1.80. The lowest BCUT2D eigenvalue weighted by Crippen LogP contribution is -2.47. The fourth-order valence-corrected chi connectivity index (χ4v) is 3.63. The third kappa shape index (κ3) is 3.79. The molecule has 1 aliphatic carbocycles. The van der Waals surface area contributed by atoms with Crippen molar-refractivity contribution in [1.29, 1.82) is 0 Å². The van der Waals surface area contributed by atoms with Gasteiger partial charge in [-0.05, 0) is 47.8 Å². The molecule has 2 fully saturated rings. The minimum atomic E-state index is 0.228. The van der Waals surface area contributed by atoms with Gasteiger partial charge in [0, 0.05) is 24.8 Å². The second kappa shape index (κ2) is 5.64. The zero-order valence-corrected chi connectivity index (χ0v) is 13.8. The summed E-state index contributed by atoms with van der Waals surface area (Å²) in [6, 6.07) is 9.47. The van der Waals surface area contributed by atoms with Crippen molar-refractivity contribution in [2.24, 2.45) is 17.6 Å². The Balaban J connectivity index is 1.69. The van der Waals surface area contributed by atoms with Crippen LogP contribution in [0, 0.1) is 11.8 Å². The normalized spacial score (nSPS) is 27.0. The van der Waals surface area contributed by atoms with Crippen LogP contribution >= 0.6 is 0 Å². The molecule has 1 saturated carbocycles. The summed E-state index contributed by atoms with van der Waals surface area (Å²) in [4.78, 5) is 2.51. The van der Waals surface area contributed by atoms with E-state index in [-0.39, 0.29) is 5.41 Å². The Labute approximate surface area is 129 Å². The fourth-order valence-electron chi connectivity index (χ4n) is 3.63. The van der Waals surface area contributed by atoms with E-state index in [0.29, 0.717) is 6.04 Å². The molecule has 1 aromatic carbocycles. The molecule has 21 heavy (non-hydrogen) atoms. The zero-order valence-electron chi connectivity index (χ0n) is 13.8. The van der Waals surface area contributed by atoms with Crippen molar-refractivity contribution >= 4 is 5.69 Å². The first-order valence-corrected chi connectivity index (χ1v) is 8.53. The Kier molecular flexibility index (Phi) is 4.00. The maximum Gasteiger partial charge on any atom is 0.0367 e. The number of nitrogens with zero attached hydrogens (tertiary/aromatic N) is 1. The average molecular weight is 286 g/mol. The molecule has 1 heterocycles. The molecule has 0 bridgehead atoms. The van der Waals surface area contributed by atoms with Crippen LogP contribution in [0.15, 0.2) is 24.3 Å². The Morgan fingerprint density at radius 3 is 2.29 bits per heavy atom. The number of hydrogen-bond acceptors (Lipinski definition) is 2. The molecule has 1 saturated heterocycles. The highest BCUT2D eigenvalue weighted by Gasteiger charge is 2.31. The predicted molar refractivity (Wildman–Crippen MR) is 90.8 cm³/mol. The molecule has 116 valence electrons. The van der Waals surface area contributed by atoms with Crippen LogP contribution in [0.3, 0.4) is 0 Å². The largest absolute Gasteiger partial charge is 0.370 e. The molecular formula is C19H30N2. The van der Waals surface area contributed by atoms with Crippen molar-refractivity contribution in [2.75, 3.05) is 18.0 Å². The highest BCUT2D eigenvalue weighted by molar-refractivity contribution is 5.49. The second-order valence-corrected chi connectivity index (χ2v) is 8.24. The van der Waals surface area contributed by atoms with Crippen molar-refractivity contribution in [2.45, 2.75) is 57.9 Å². The molecule has 0 spiro atoms. The summed E-state index contributed by atoms with van der Waals surface area (Å²) in [6.45, 7) is 9.01. The van der Waals surface area contributed by atoms with Crippen LogP contribution in [0.1, 0.15) is 52.0 Å². The Hall–Kier alpha value is -1.02. The summed E-state index contributed by atoms with van der Waals surface area (Å²) in [5.41, 5.74) is 9.28. The van der Waals surface area contributed by atoms with Gasteiger partial charge in [-0.1, -0.05) is 45.7 Å².